The first-order valence-electron chi connectivity index (χ1n) is 8.99. The van der Waals surface area contributed by atoms with Crippen molar-refractivity contribution >= 4 is 11.9 Å². The predicted octanol–water partition coefficient (Wildman–Crippen LogP) is 3.12. The van der Waals surface area contributed by atoms with Crippen LogP contribution in [0.1, 0.15) is 30.0 Å². The Kier molecular flexibility index (Phi) is 4.65. The lowest BCUT2D eigenvalue weighted by atomic mass is 9.94. The summed E-state index contributed by atoms with van der Waals surface area (Å²) in [5, 5.41) is 3.38. The number of hydrogen-bond donors (Lipinski definition) is 1. The summed E-state index contributed by atoms with van der Waals surface area (Å²) in [5.41, 5.74) is 2.28. The average molecular weight is 337 g/mol. The molecule has 2 saturated heterocycles. The van der Waals surface area contributed by atoms with Crippen molar-refractivity contribution < 1.29 is 9.53 Å². The molecule has 5 heteroatoms. The molecule has 2 aromatic rings. The number of aromatic nitrogens is 1. The molecule has 1 amide bonds. The van der Waals surface area contributed by atoms with Crippen molar-refractivity contribution in [2.45, 2.75) is 31.2 Å². The van der Waals surface area contributed by atoms with E-state index < -0.39 is 0 Å². The first kappa shape index (κ1) is 16.1. The summed E-state index contributed by atoms with van der Waals surface area (Å²) in [6, 6.07) is 16.2. The fraction of sp³-hybridized carbons (Fsp3) is 0.400. The molecule has 1 aromatic heterocycles. The summed E-state index contributed by atoms with van der Waals surface area (Å²) in [7, 11) is 0. The number of cyclic esters (lactones) is 1. The third kappa shape index (κ3) is 3.51. The van der Waals surface area contributed by atoms with Gasteiger partial charge >= 0.3 is 6.09 Å². The molecule has 0 saturated carbocycles. The van der Waals surface area contributed by atoms with Gasteiger partial charge in [0.1, 0.15) is 12.4 Å². The highest BCUT2D eigenvalue weighted by Gasteiger charge is 2.35. The van der Waals surface area contributed by atoms with Crippen molar-refractivity contribution in [3.05, 3.63) is 59.8 Å². The van der Waals surface area contributed by atoms with E-state index in [1.54, 1.807) is 4.90 Å². The summed E-state index contributed by atoms with van der Waals surface area (Å²) in [5.74, 6) is 1.17. The Balaban J connectivity index is 1.57. The van der Waals surface area contributed by atoms with Gasteiger partial charge in [0.05, 0.1) is 6.04 Å². The normalized spacial score (nSPS) is 21.4. The van der Waals surface area contributed by atoms with Crippen LogP contribution in [0.25, 0.3) is 0 Å². The number of hydrogen-bond acceptors (Lipinski definition) is 4. The fourth-order valence-corrected chi connectivity index (χ4v) is 3.70. The van der Waals surface area contributed by atoms with Crippen LogP contribution in [-0.4, -0.2) is 36.8 Å². The quantitative estimate of drug-likeness (QED) is 0.931. The monoisotopic (exact) mass is 337 g/mol. The SMILES string of the molecule is O=C1OC[C@@H](Cc2ccccc2)N1c1cccc(C2CCNCC2)n1. The van der Waals surface area contributed by atoms with Crippen LogP contribution in [0.2, 0.25) is 0 Å². The van der Waals surface area contributed by atoms with Crippen molar-refractivity contribution in [3.8, 4) is 0 Å². The number of nitrogens with zero attached hydrogens (tertiary/aromatic N) is 2. The minimum absolute atomic E-state index is 0.00864. The third-order valence-corrected chi connectivity index (χ3v) is 5.04. The van der Waals surface area contributed by atoms with E-state index in [-0.39, 0.29) is 12.1 Å². The van der Waals surface area contributed by atoms with Crippen molar-refractivity contribution in [3.63, 3.8) is 0 Å². The molecule has 0 radical (unpaired) electrons. The second-order valence-corrected chi connectivity index (χ2v) is 6.74. The maximum atomic E-state index is 12.3. The second kappa shape index (κ2) is 7.23. The lowest BCUT2D eigenvalue weighted by Crippen LogP contribution is -2.36. The van der Waals surface area contributed by atoms with E-state index >= 15 is 0 Å². The Morgan fingerprint density at radius 1 is 1.08 bits per heavy atom. The van der Waals surface area contributed by atoms with Crippen LogP contribution < -0.4 is 10.2 Å². The van der Waals surface area contributed by atoms with Crippen molar-refractivity contribution in [2.75, 3.05) is 24.6 Å². The molecule has 0 spiro atoms. The minimum atomic E-state index is -0.295. The van der Waals surface area contributed by atoms with Gasteiger partial charge in [-0.3, -0.25) is 4.90 Å². The van der Waals surface area contributed by atoms with Crippen LogP contribution in [-0.2, 0) is 11.2 Å². The molecular weight excluding hydrogens is 314 g/mol. The zero-order valence-electron chi connectivity index (χ0n) is 14.2. The van der Waals surface area contributed by atoms with Crippen LogP contribution in [0, 0.1) is 0 Å². The Labute approximate surface area is 148 Å². The van der Waals surface area contributed by atoms with E-state index in [9.17, 15) is 4.79 Å². The van der Waals surface area contributed by atoms with Crippen molar-refractivity contribution in [1.82, 2.24) is 10.3 Å². The molecule has 0 bridgehead atoms. The van der Waals surface area contributed by atoms with Gasteiger partial charge in [-0.05, 0) is 50.0 Å². The lowest BCUT2D eigenvalue weighted by Gasteiger charge is -2.25. The maximum absolute atomic E-state index is 12.3. The minimum Gasteiger partial charge on any atom is -0.447 e. The largest absolute Gasteiger partial charge is 0.447 e. The summed E-state index contributed by atoms with van der Waals surface area (Å²) in [4.78, 5) is 18.9. The van der Waals surface area contributed by atoms with Gasteiger partial charge in [0, 0.05) is 11.6 Å². The molecule has 5 nitrogen and oxygen atoms in total. The summed E-state index contributed by atoms with van der Waals surface area (Å²) < 4.78 is 5.33. The number of pyridine rings is 1. The highest BCUT2D eigenvalue weighted by atomic mass is 16.6. The third-order valence-electron chi connectivity index (χ3n) is 5.04. The Bertz CT molecular complexity index is 729. The highest BCUT2D eigenvalue weighted by Crippen LogP contribution is 2.28. The van der Waals surface area contributed by atoms with E-state index in [2.05, 4.69) is 23.5 Å². The maximum Gasteiger partial charge on any atom is 0.415 e. The molecular formula is C20H23N3O2. The second-order valence-electron chi connectivity index (χ2n) is 6.74. The number of ether oxygens (including phenoxy) is 1. The Hall–Kier alpha value is -2.40. The molecule has 2 aliphatic rings. The van der Waals surface area contributed by atoms with Crippen LogP contribution >= 0.6 is 0 Å². The molecule has 1 aromatic carbocycles. The number of carbonyl (C=O) groups excluding carboxylic acids is 1. The molecule has 0 unspecified atom stereocenters. The van der Waals surface area contributed by atoms with Crippen LogP contribution in [0.3, 0.4) is 0 Å². The van der Waals surface area contributed by atoms with E-state index in [4.69, 9.17) is 9.72 Å². The zero-order chi connectivity index (χ0) is 17.1. The molecule has 130 valence electrons. The van der Waals surface area contributed by atoms with Gasteiger partial charge < -0.3 is 10.1 Å². The molecule has 4 rings (SSSR count). The van der Waals surface area contributed by atoms with Crippen molar-refractivity contribution in [2.24, 2.45) is 0 Å². The van der Waals surface area contributed by atoms with E-state index in [1.807, 2.05) is 30.3 Å². The van der Waals surface area contributed by atoms with E-state index in [1.165, 1.54) is 5.56 Å². The molecule has 2 aliphatic heterocycles. The van der Waals surface area contributed by atoms with Crippen LogP contribution in [0.15, 0.2) is 48.5 Å². The van der Waals surface area contributed by atoms with Gasteiger partial charge in [0.25, 0.3) is 0 Å². The number of benzene rings is 1. The predicted molar refractivity (Wildman–Crippen MR) is 96.8 cm³/mol. The average Bonchev–Trinajstić information content (AvgIpc) is 3.03. The molecule has 0 aliphatic carbocycles. The molecule has 3 heterocycles. The number of nitrogens with one attached hydrogen (secondary N) is 1. The molecule has 1 N–H and O–H groups in total. The summed E-state index contributed by atoms with van der Waals surface area (Å²) in [6.07, 6.45) is 2.66. The Morgan fingerprint density at radius 2 is 1.88 bits per heavy atom. The van der Waals surface area contributed by atoms with Gasteiger partial charge in [-0.1, -0.05) is 36.4 Å². The number of amides is 1. The first-order chi connectivity index (χ1) is 12.3. The van der Waals surface area contributed by atoms with Gasteiger partial charge in [-0.25, -0.2) is 9.78 Å². The fourth-order valence-electron chi connectivity index (χ4n) is 3.70. The van der Waals surface area contributed by atoms with Crippen molar-refractivity contribution in [1.29, 1.82) is 0 Å². The number of anilines is 1. The summed E-state index contributed by atoms with van der Waals surface area (Å²) in [6.45, 7) is 2.46. The summed E-state index contributed by atoms with van der Waals surface area (Å²) >= 11 is 0. The van der Waals surface area contributed by atoms with E-state index in [0.29, 0.717) is 18.3 Å². The number of rotatable bonds is 4. The number of carbonyl (C=O) groups is 1. The Morgan fingerprint density at radius 3 is 2.68 bits per heavy atom. The van der Waals surface area contributed by atoms with Gasteiger partial charge in [-0.15, -0.1) is 0 Å². The topological polar surface area (TPSA) is 54.5 Å². The molecule has 2 fully saturated rings. The lowest BCUT2D eigenvalue weighted by molar-refractivity contribution is 0.178. The molecule has 25 heavy (non-hydrogen) atoms. The number of piperidine rings is 1. The standard InChI is InChI=1S/C20H23N3O2/c24-20-23(17(14-25-20)13-15-5-2-1-3-6-15)19-8-4-7-18(22-19)16-9-11-21-12-10-16/h1-8,16-17,21H,9-14H2/t17-/m1/s1. The van der Waals surface area contributed by atoms with Crippen LogP contribution in [0.4, 0.5) is 10.6 Å². The zero-order valence-corrected chi connectivity index (χ0v) is 14.2. The smallest absolute Gasteiger partial charge is 0.415 e. The van der Waals surface area contributed by atoms with Gasteiger partial charge in [0.15, 0.2) is 0 Å². The first-order valence-corrected chi connectivity index (χ1v) is 8.99. The van der Waals surface area contributed by atoms with Gasteiger partial charge in [0.2, 0.25) is 0 Å². The van der Waals surface area contributed by atoms with E-state index in [0.717, 1.165) is 38.0 Å². The highest BCUT2D eigenvalue weighted by molar-refractivity contribution is 5.89. The molecule has 1 atom stereocenters. The van der Waals surface area contributed by atoms with Crippen LogP contribution in [0.5, 0.6) is 0 Å². The van der Waals surface area contributed by atoms with Gasteiger partial charge in [-0.2, -0.15) is 0 Å².